The minimum Gasteiger partial charge on any atom is -1.00 e. The summed E-state index contributed by atoms with van der Waals surface area (Å²) in [6, 6.07) is 10.6. The van der Waals surface area contributed by atoms with Crippen molar-refractivity contribution in [2.75, 3.05) is 0 Å². The third-order valence-electron chi connectivity index (χ3n) is 2.92. The number of hydrogen-bond acceptors (Lipinski definition) is 0. The molecular formula is C14H19BrN2. The topological polar surface area (TPSA) is 8.81 Å². The van der Waals surface area contributed by atoms with E-state index >= 15 is 0 Å². The highest BCUT2D eigenvalue weighted by Gasteiger charge is 2.10. The van der Waals surface area contributed by atoms with Gasteiger partial charge in [-0.25, -0.2) is 9.13 Å². The van der Waals surface area contributed by atoms with Gasteiger partial charge in [0.1, 0.15) is 18.9 Å². The maximum atomic E-state index is 2.31. The minimum atomic E-state index is 0. The maximum absolute atomic E-state index is 2.31. The lowest BCUT2D eigenvalue weighted by Crippen LogP contribution is -3.00. The normalized spacial score (nSPS) is 10.0. The van der Waals surface area contributed by atoms with Crippen LogP contribution in [0.15, 0.2) is 42.7 Å². The molecule has 0 aliphatic heterocycles. The summed E-state index contributed by atoms with van der Waals surface area (Å²) in [4.78, 5) is 0. The van der Waals surface area contributed by atoms with Crippen LogP contribution in [0.4, 0.5) is 0 Å². The highest BCUT2D eigenvalue weighted by molar-refractivity contribution is 5.13. The molecule has 1 heterocycles. The molecule has 0 N–H and O–H groups in total. The average Bonchev–Trinajstić information content (AvgIpc) is 2.64. The predicted molar refractivity (Wildman–Crippen MR) is 65.2 cm³/mol. The first-order valence-electron chi connectivity index (χ1n) is 5.90. The van der Waals surface area contributed by atoms with Gasteiger partial charge in [-0.05, 0) is 12.0 Å². The molecule has 0 fully saturated rings. The van der Waals surface area contributed by atoms with Crippen molar-refractivity contribution in [2.45, 2.75) is 33.4 Å². The minimum absolute atomic E-state index is 0. The van der Waals surface area contributed by atoms with Crippen molar-refractivity contribution in [3.05, 3.63) is 54.1 Å². The van der Waals surface area contributed by atoms with Crippen molar-refractivity contribution in [1.29, 1.82) is 0 Å². The monoisotopic (exact) mass is 294 g/mol. The number of aryl methyl sites for hydroxylation is 1. The largest absolute Gasteiger partial charge is 1.00 e. The quantitative estimate of drug-likeness (QED) is 0.676. The first-order valence-corrected chi connectivity index (χ1v) is 5.90. The van der Waals surface area contributed by atoms with Crippen LogP contribution in [0.25, 0.3) is 0 Å². The standard InChI is InChI=1S/C14H19N2.BrH/c1-3-9-15-10-11-16(13(15)2)12-14-7-5-4-6-8-14;/h4-8,10-11H,3,9,12H2,1-2H3;1H/q+1;/p-1. The molecule has 2 nitrogen and oxygen atoms in total. The van der Waals surface area contributed by atoms with E-state index in [1.54, 1.807) is 0 Å². The van der Waals surface area contributed by atoms with Crippen molar-refractivity contribution in [3.63, 3.8) is 0 Å². The molecule has 2 rings (SSSR count). The number of aromatic nitrogens is 2. The Morgan fingerprint density at radius 3 is 2.53 bits per heavy atom. The fraction of sp³-hybridized carbons (Fsp3) is 0.357. The van der Waals surface area contributed by atoms with Crippen LogP contribution in [0.2, 0.25) is 0 Å². The van der Waals surface area contributed by atoms with Gasteiger partial charge in [0.15, 0.2) is 0 Å². The van der Waals surface area contributed by atoms with Crippen LogP contribution in [0.3, 0.4) is 0 Å². The Balaban J connectivity index is 0.00000144. The first-order chi connectivity index (χ1) is 7.81. The fourth-order valence-electron chi connectivity index (χ4n) is 1.97. The van der Waals surface area contributed by atoms with Crippen LogP contribution in [-0.4, -0.2) is 4.57 Å². The van der Waals surface area contributed by atoms with Crippen LogP contribution in [-0.2, 0) is 13.1 Å². The van der Waals surface area contributed by atoms with Gasteiger partial charge in [-0.1, -0.05) is 37.3 Å². The van der Waals surface area contributed by atoms with E-state index < -0.39 is 0 Å². The second kappa shape index (κ2) is 6.60. The second-order valence-electron chi connectivity index (χ2n) is 4.15. The van der Waals surface area contributed by atoms with Gasteiger partial charge in [-0.2, -0.15) is 0 Å². The highest BCUT2D eigenvalue weighted by Crippen LogP contribution is 2.00. The molecule has 0 saturated heterocycles. The summed E-state index contributed by atoms with van der Waals surface area (Å²) in [5, 5.41) is 0. The molecule has 1 aromatic carbocycles. The van der Waals surface area contributed by atoms with Crippen molar-refractivity contribution in [2.24, 2.45) is 0 Å². The smallest absolute Gasteiger partial charge is 0.253 e. The lowest BCUT2D eigenvalue weighted by molar-refractivity contribution is -0.694. The van der Waals surface area contributed by atoms with Crippen molar-refractivity contribution < 1.29 is 21.5 Å². The summed E-state index contributed by atoms with van der Waals surface area (Å²) >= 11 is 0. The zero-order valence-electron chi connectivity index (χ0n) is 10.4. The van der Waals surface area contributed by atoms with Gasteiger partial charge < -0.3 is 17.0 Å². The molecular weight excluding hydrogens is 276 g/mol. The van der Waals surface area contributed by atoms with Gasteiger partial charge in [0, 0.05) is 6.92 Å². The van der Waals surface area contributed by atoms with E-state index in [-0.39, 0.29) is 17.0 Å². The van der Waals surface area contributed by atoms with E-state index in [1.807, 2.05) is 0 Å². The Bertz CT molecular complexity index is 449. The molecule has 92 valence electrons. The Morgan fingerprint density at radius 1 is 1.18 bits per heavy atom. The van der Waals surface area contributed by atoms with Crippen molar-refractivity contribution in [3.8, 4) is 0 Å². The zero-order chi connectivity index (χ0) is 11.4. The molecule has 0 unspecified atom stereocenters. The predicted octanol–water partition coefficient (Wildman–Crippen LogP) is -0.454. The van der Waals surface area contributed by atoms with E-state index in [2.05, 4.69) is 65.7 Å². The summed E-state index contributed by atoms with van der Waals surface area (Å²) in [6.45, 7) is 6.45. The molecule has 0 atom stereocenters. The Morgan fingerprint density at radius 2 is 1.88 bits per heavy atom. The number of hydrogen-bond donors (Lipinski definition) is 0. The van der Waals surface area contributed by atoms with Gasteiger partial charge >= 0.3 is 0 Å². The summed E-state index contributed by atoms with van der Waals surface area (Å²) < 4.78 is 4.61. The van der Waals surface area contributed by atoms with E-state index in [1.165, 1.54) is 17.8 Å². The van der Waals surface area contributed by atoms with Gasteiger partial charge in [-0.3, -0.25) is 0 Å². The van der Waals surface area contributed by atoms with Gasteiger partial charge in [-0.15, -0.1) is 0 Å². The lowest BCUT2D eigenvalue weighted by Gasteiger charge is -2.00. The Kier molecular flexibility index (Phi) is 5.42. The van der Waals surface area contributed by atoms with Crippen molar-refractivity contribution >= 4 is 0 Å². The number of nitrogens with zero attached hydrogens (tertiary/aromatic N) is 2. The van der Waals surface area contributed by atoms with E-state index in [0.717, 1.165) is 13.1 Å². The molecule has 17 heavy (non-hydrogen) atoms. The fourth-order valence-corrected chi connectivity index (χ4v) is 1.97. The maximum Gasteiger partial charge on any atom is 0.253 e. The molecule has 2 aromatic rings. The van der Waals surface area contributed by atoms with E-state index in [0.29, 0.717) is 0 Å². The second-order valence-corrected chi connectivity index (χ2v) is 4.15. The molecule has 0 saturated carbocycles. The first kappa shape index (κ1) is 14.0. The van der Waals surface area contributed by atoms with Crippen LogP contribution in [0, 0.1) is 6.92 Å². The van der Waals surface area contributed by atoms with Gasteiger partial charge in [0.25, 0.3) is 5.82 Å². The third-order valence-corrected chi connectivity index (χ3v) is 2.92. The SMILES string of the molecule is CCCn1cc[n+](Cc2ccccc2)c1C.[Br-]. The summed E-state index contributed by atoms with van der Waals surface area (Å²) in [5.41, 5.74) is 1.35. The molecule has 0 spiro atoms. The summed E-state index contributed by atoms with van der Waals surface area (Å²) in [5.74, 6) is 1.32. The Labute approximate surface area is 114 Å². The lowest BCUT2D eigenvalue weighted by atomic mass is 10.2. The van der Waals surface area contributed by atoms with Gasteiger partial charge in [0.05, 0.1) is 6.54 Å². The van der Waals surface area contributed by atoms with Crippen LogP contribution >= 0.6 is 0 Å². The molecule has 0 amide bonds. The van der Waals surface area contributed by atoms with Crippen LogP contribution in [0.5, 0.6) is 0 Å². The third kappa shape index (κ3) is 3.43. The van der Waals surface area contributed by atoms with E-state index in [4.69, 9.17) is 0 Å². The molecule has 0 radical (unpaired) electrons. The molecule has 1 aromatic heterocycles. The number of rotatable bonds is 4. The van der Waals surface area contributed by atoms with Gasteiger partial charge in [0.2, 0.25) is 0 Å². The summed E-state index contributed by atoms with van der Waals surface area (Å²) in [6.07, 6.45) is 5.51. The van der Waals surface area contributed by atoms with E-state index in [9.17, 15) is 0 Å². The zero-order valence-corrected chi connectivity index (χ0v) is 12.0. The van der Waals surface area contributed by atoms with Crippen LogP contribution in [0.1, 0.15) is 24.7 Å². The van der Waals surface area contributed by atoms with Crippen LogP contribution < -0.4 is 21.5 Å². The molecule has 3 heteroatoms. The average molecular weight is 295 g/mol. The molecule has 0 aliphatic rings. The number of imidazole rings is 1. The number of halogens is 1. The molecule has 0 aliphatic carbocycles. The van der Waals surface area contributed by atoms with Crippen molar-refractivity contribution in [1.82, 2.24) is 4.57 Å². The Hall–Kier alpha value is -1.09. The number of benzene rings is 1. The highest BCUT2D eigenvalue weighted by atomic mass is 79.9. The summed E-state index contributed by atoms with van der Waals surface area (Å²) in [7, 11) is 0. The molecule has 0 bridgehead atoms.